The van der Waals surface area contributed by atoms with Crippen molar-refractivity contribution < 1.29 is 9.32 Å². The molecule has 0 bridgehead atoms. The summed E-state index contributed by atoms with van der Waals surface area (Å²) in [6, 6.07) is 3.80. The van der Waals surface area contributed by atoms with E-state index in [0.717, 1.165) is 31.7 Å². The summed E-state index contributed by atoms with van der Waals surface area (Å²) >= 11 is 0. The number of hydrogen-bond acceptors (Lipinski definition) is 6. The molecule has 2 aromatic heterocycles. The number of aryl methyl sites for hydroxylation is 1. The number of hydrogen-bond donors (Lipinski definition) is 0. The van der Waals surface area contributed by atoms with Crippen molar-refractivity contribution in [1.82, 2.24) is 20.0 Å². The lowest BCUT2D eigenvalue weighted by Crippen LogP contribution is -2.38. The SMILES string of the molecule is CCN(CC)c1ccc(C(=O)N2CCC(c3nc(C)no3)CC2)cn1. The standard InChI is InChI=1S/C18H25N5O2/c1-4-22(5-2)16-7-6-15(12-19-16)18(24)23-10-8-14(9-11-23)17-20-13(3)21-25-17/h6-7,12,14H,4-5,8-11H2,1-3H3. The van der Waals surface area contributed by atoms with Gasteiger partial charge in [-0.05, 0) is 45.7 Å². The molecule has 0 aromatic carbocycles. The molecule has 2 aromatic rings. The fourth-order valence-electron chi connectivity index (χ4n) is 3.24. The first-order chi connectivity index (χ1) is 12.1. The summed E-state index contributed by atoms with van der Waals surface area (Å²) in [6.07, 6.45) is 3.38. The van der Waals surface area contributed by atoms with Crippen molar-refractivity contribution in [2.75, 3.05) is 31.1 Å². The predicted octanol–water partition coefficient (Wildman–Crippen LogP) is 2.64. The van der Waals surface area contributed by atoms with E-state index in [-0.39, 0.29) is 11.8 Å². The second-order valence-corrected chi connectivity index (χ2v) is 6.32. The summed E-state index contributed by atoms with van der Waals surface area (Å²) in [4.78, 5) is 25.5. The molecule has 1 saturated heterocycles. The van der Waals surface area contributed by atoms with Gasteiger partial charge in [0.15, 0.2) is 5.82 Å². The molecule has 7 heteroatoms. The number of rotatable bonds is 5. The van der Waals surface area contributed by atoms with Gasteiger partial charge < -0.3 is 14.3 Å². The Balaban J connectivity index is 1.60. The van der Waals surface area contributed by atoms with Crippen LogP contribution in [0.2, 0.25) is 0 Å². The molecule has 1 amide bonds. The Labute approximate surface area is 148 Å². The summed E-state index contributed by atoms with van der Waals surface area (Å²) < 4.78 is 5.26. The van der Waals surface area contributed by atoms with Gasteiger partial charge in [-0.25, -0.2) is 4.98 Å². The highest BCUT2D eigenvalue weighted by Gasteiger charge is 2.27. The maximum absolute atomic E-state index is 12.7. The van der Waals surface area contributed by atoms with Gasteiger partial charge in [-0.2, -0.15) is 4.98 Å². The Kier molecular flexibility index (Phi) is 5.31. The second kappa shape index (κ2) is 7.63. The molecule has 3 rings (SSSR count). The molecular weight excluding hydrogens is 318 g/mol. The predicted molar refractivity (Wildman–Crippen MR) is 94.7 cm³/mol. The number of piperidine rings is 1. The number of amides is 1. The van der Waals surface area contributed by atoms with Gasteiger partial charge in [0, 0.05) is 38.3 Å². The molecule has 0 spiro atoms. The quantitative estimate of drug-likeness (QED) is 0.831. The summed E-state index contributed by atoms with van der Waals surface area (Å²) in [5.74, 6) is 2.54. The smallest absolute Gasteiger partial charge is 0.255 e. The first-order valence-corrected chi connectivity index (χ1v) is 8.92. The van der Waals surface area contributed by atoms with Crippen LogP contribution in [-0.4, -0.2) is 52.1 Å². The van der Waals surface area contributed by atoms with Crippen LogP contribution in [0.1, 0.15) is 54.7 Å². The average molecular weight is 343 g/mol. The van der Waals surface area contributed by atoms with E-state index in [1.165, 1.54) is 0 Å². The van der Waals surface area contributed by atoms with Crippen molar-refractivity contribution in [3.8, 4) is 0 Å². The van der Waals surface area contributed by atoms with E-state index in [4.69, 9.17) is 4.52 Å². The van der Waals surface area contributed by atoms with Gasteiger partial charge in [0.05, 0.1) is 5.56 Å². The molecule has 25 heavy (non-hydrogen) atoms. The number of anilines is 1. The minimum absolute atomic E-state index is 0.0405. The molecule has 0 unspecified atom stereocenters. The third kappa shape index (κ3) is 3.81. The molecule has 0 atom stereocenters. The van der Waals surface area contributed by atoms with E-state index < -0.39 is 0 Å². The van der Waals surface area contributed by atoms with Gasteiger partial charge in [-0.15, -0.1) is 0 Å². The monoisotopic (exact) mass is 343 g/mol. The fourth-order valence-corrected chi connectivity index (χ4v) is 3.24. The number of likely N-dealkylation sites (tertiary alicyclic amines) is 1. The van der Waals surface area contributed by atoms with Crippen LogP contribution < -0.4 is 4.90 Å². The third-order valence-corrected chi connectivity index (χ3v) is 4.76. The van der Waals surface area contributed by atoms with Crippen LogP contribution in [0.5, 0.6) is 0 Å². The van der Waals surface area contributed by atoms with Crippen molar-refractivity contribution in [2.24, 2.45) is 0 Å². The first kappa shape index (κ1) is 17.4. The zero-order valence-corrected chi connectivity index (χ0v) is 15.1. The summed E-state index contributed by atoms with van der Waals surface area (Å²) in [5.41, 5.74) is 0.642. The van der Waals surface area contributed by atoms with Crippen LogP contribution in [0.15, 0.2) is 22.9 Å². The largest absolute Gasteiger partial charge is 0.357 e. The number of pyridine rings is 1. The molecule has 1 fully saturated rings. The minimum atomic E-state index is 0.0405. The summed E-state index contributed by atoms with van der Waals surface area (Å²) in [6.45, 7) is 9.21. The van der Waals surface area contributed by atoms with E-state index >= 15 is 0 Å². The summed E-state index contributed by atoms with van der Waals surface area (Å²) in [5, 5.41) is 3.85. The van der Waals surface area contributed by atoms with E-state index in [1.54, 1.807) is 6.20 Å². The van der Waals surface area contributed by atoms with Crippen LogP contribution in [0.3, 0.4) is 0 Å². The van der Waals surface area contributed by atoms with Crippen LogP contribution in [-0.2, 0) is 0 Å². The van der Waals surface area contributed by atoms with Crippen molar-refractivity contribution in [3.63, 3.8) is 0 Å². The first-order valence-electron chi connectivity index (χ1n) is 8.92. The van der Waals surface area contributed by atoms with E-state index in [1.807, 2.05) is 24.0 Å². The lowest BCUT2D eigenvalue weighted by molar-refractivity contribution is 0.0704. The highest BCUT2D eigenvalue weighted by atomic mass is 16.5. The van der Waals surface area contributed by atoms with Gasteiger partial charge in [-0.3, -0.25) is 4.79 Å². The fraction of sp³-hybridized carbons (Fsp3) is 0.556. The molecule has 134 valence electrons. The lowest BCUT2D eigenvalue weighted by Gasteiger charge is -2.30. The van der Waals surface area contributed by atoms with Crippen molar-refractivity contribution in [2.45, 2.75) is 39.5 Å². The minimum Gasteiger partial charge on any atom is -0.357 e. The Morgan fingerprint density at radius 3 is 2.52 bits per heavy atom. The maximum Gasteiger partial charge on any atom is 0.255 e. The van der Waals surface area contributed by atoms with E-state index in [9.17, 15) is 4.79 Å². The van der Waals surface area contributed by atoms with Crippen LogP contribution in [0.25, 0.3) is 0 Å². The number of aromatic nitrogens is 3. The molecule has 7 nitrogen and oxygen atoms in total. The highest BCUT2D eigenvalue weighted by molar-refractivity contribution is 5.94. The molecule has 0 radical (unpaired) electrons. The molecule has 0 saturated carbocycles. The van der Waals surface area contributed by atoms with Gasteiger partial charge in [0.25, 0.3) is 5.91 Å². The van der Waals surface area contributed by atoms with Gasteiger partial charge in [-0.1, -0.05) is 5.16 Å². The Bertz CT molecular complexity index is 701. The van der Waals surface area contributed by atoms with Crippen LogP contribution >= 0.6 is 0 Å². The zero-order chi connectivity index (χ0) is 17.8. The Hall–Kier alpha value is -2.44. The number of nitrogens with zero attached hydrogens (tertiary/aromatic N) is 5. The second-order valence-electron chi connectivity index (χ2n) is 6.32. The normalized spacial score (nSPS) is 15.4. The van der Waals surface area contributed by atoms with Gasteiger partial charge in [0.1, 0.15) is 5.82 Å². The van der Waals surface area contributed by atoms with E-state index in [2.05, 4.69) is 33.9 Å². The van der Waals surface area contributed by atoms with Crippen molar-refractivity contribution in [3.05, 3.63) is 35.6 Å². The molecule has 1 aliphatic heterocycles. The number of carbonyl (C=O) groups excluding carboxylic acids is 1. The Morgan fingerprint density at radius 2 is 2.00 bits per heavy atom. The van der Waals surface area contributed by atoms with Gasteiger partial charge in [0.2, 0.25) is 5.89 Å². The topological polar surface area (TPSA) is 75.4 Å². The molecular formula is C18H25N5O2. The molecule has 3 heterocycles. The highest BCUT2D eigenvalue weighted by Crippen LogP contribution is 2.27. The lowest BCUT2D eigenvalue weighted by atomic mass is 9.96. The maximum atomic E-state index is 12.7. The molecule has 0 N–H and O–H groups in total. The van der Waals surface area contributed by atoms with E-state index in [0.29, 0.717) is 30.4 Å². The molecule has 0 aliphatic carbocycles. The zero-order valence-electron chi connectivity index (χ0n) is 15.1. The summed E-state index contributed by atoms with van der Waals surface area (Å²) in [7, 11) is 0. The van der Waals surface area contributed by atoms with Gasteiger partial charge >= 0.3 is 0 Å². The van der Waals surface area contributed by atoms with Crippen molar-refractivity contribution in [1.29, 1.82) is 0 Å². The number of carbonyl (C=O) groups is 1. The van der Waals surface area contributed by atoms with Crippen LogP contribution in [0.4, 0.5) is 5.82 Å². The van der Waals surface area contributed by atoms with Crippen molar-refractivity contribution >= 4 is 11.7 Å². The third-order valence-electron chi connectivity index (χ3n) is 4.76. The average Bonchev–Trinajstić information content (AvgIpc) is 3.09. The van der Waals surface area contributed by atoms with Crippen LogP contribution in [0, 0.1) is 6.92 Å². The molecule has 1 aliphatic rings. The Morgan fingerprint density at radius 1 is 1.28 bits per heavy atom.